The van der Waals surface area contributed by atoms with Crippen LogP contribution < -0.4 is 19.1 Å². The molecule has 0 spiro atoms. The second-order valence-electron chi connectivity index (χ2n) is 5.38. The fourth-order valence-electron chi connectivity index (χ4n) is 2.67. The van der Waals surface area contributed by atoms with Crippen LogP contribution in [0.5, 0.6) is 11.5 Å². The number of nitrogens with zero attached hydrogens (tertiary/aromatic N) is 2. The number of rotatable bonds is 6. The van der Waals surface area contributed by atoms with Gasteiger partial charge in [-0.15, -0.1) is 11.3 Å². The zero-order valence-corrected chi connectivity index (χ0v) is 15.1. The van der Waals surface area contributed by atoms with Crippen LogP contribution in [0.3, 0.4) is 0 Å². The maximum atomic E-state index is 12.6. The van der Waals surface area contributed by atoms with E-state index in [2.05, 4.69) is 14.6 Å². The Morgan fingerprint density at radius 2 is 2.08 bits per heavy atom. The summed E-state index contributed by atoms with van der Waals surface area (Å²) in [7, 11) is -0.636. The highest BCUT2D eigenvalue weighted by atomic mass is 32.2. The lowest BCUT2D eigenvalue weighted by Gasteiger charge is -2.16. The van der Waals surface area contributed by atoms with E-state index in [4.69, 9.17) is 9.47 Å². The van der Waals surface area contributed by atoms with E-state index in [1.807, 2.05) is 5.38 Å². The summed E-state index contributed by atoms with van der Waals surface area (Å²) in [5.74, 6) is 0.878. The quantitative estimate of drug-likeness (QED) is 0.835. The van der Waals surface area contributed by atoms with Gasteiger partial charge in [-0.25, -0.2) is 18.1 Å². The highest BCUT2D eigenvalue weighted by Gasteiger charge is 2.28. The first-order chi connectivity index (χ1) is 11.5. The maximum absolute atomic E-state index is 12.6. The molecule has 1 fully saturated rings. The minimum absolute atomic E-state index is 0.146. The third-order valence-corrected chi connectivity index (χ3v) is 6.22. The Labute approximate surface area is 145 Å². The molecule has 9 heteroatoms. The first-order valence-corrected chi connectivity index (χ1v) is 9.78. The number of hydrogen-bond acceptors (Lipinski definition) is 7. The van der Waals surface area contributed by atoms with Crippen LogP contribution in [0.15, 0.2) is 34.7 Å². The molecule has 1 N–H and O–H groups in total. The smallest absolute Gasteiger partial charge is 0.241 e. The van der Waals surface area contributed by atoms with Crippen LogP contribution in [0.1, 0.15) is 6.42 Å². The Bertz CT molecular complexity index is 793. The highest BCUT2D eigenvalue weighted by Crippen LogP contribution is 2.30. The van der Waals surface area contributed by atoms with Gasteiger partial charge in [0.2, 0.25) is 10.0 Å². The number of aromatic nitrogens is 1. The molecule has 24 heavy (non-hydrogen) atoms. The summed E-state index contributed by atoms with van der Waals surface area (Å²) in [6, 6.07) is 4.42. The van der Waals surface area contributed by atoms with E-state index in [9.17, 15) is 8.42 Å². The van der Waals surface area contributed by atoms with E-state index >= 15 is 0 Å². The van der Waals surface area contributed by atoms with E-state index in [1.165, 1.54) is 26.4 Å². The van der Waals surface area contributed by atoms with Crippen molar-refractivity contribution in [3.05, 3.63) is 29.8 Å². The summed E-state index contributed by atoms with van der Waals surface area (Å²) < 4.78 is 38.3. The molecule has 2 aromatic rings. The number of ether oxygens (including phenoxy) is 2. The van der Waals surface area contributed by atoms with Crippen LogP contribution >= 0.6 is 11.3 Å². The van der Waals surface area contributed by atoms with Crippen molar-refractivity contribution in [2.45, 2.75) is 17.4 Å². The van der Waals surface area contributed by atoms with Crippen molar-refractivity contribution in [1.82, 2.24) is 9.71 Å². The van der Waals surface area contributed by atoms with Crippen molar-refractivity contribution in [1.29, 1.82) is 0 Å². The second kappa shape index (κ2) is 6.96. The van der Waals surface area contributed by atoms with Crippen LogP contribution in [-0.4, -0.2) is 46.8 Å². The third-order valence-electron chi connectivity index (χ3n) is 3.87. The Balaban J connectivity index is 1.73. The molecular weight excluding hydrogens is 350 g/mol. The maximum Gasteiger partial charge on any atom is 0.241 e. The molecule has 1 atom stereocenters. The first kappa shape index (κ1) is 17.0. The van der Waals surface area contributed by atoms with E-state index in [0.29, 0.717) is 18.0 Å². The number of anilines is 1. The van der Waals surface area contributed by atoms with Gasteiger partial charge >= 0.3 is 0 Å². The molecule has 0 amide bonds. The van der Waals surface area contributed by atoms with Crippen molar-refractivity contribution < 1.29 is 17.9 Å². The highest BCUT2D eigenvalue weighted by molar-refractivity contribution is 7.89. The van der Waals surface area contributed by atoms with Crippen LogP contribution in [-0.2, 0) is 10.0 Å². The number of nitrogens with one attached hydrogen (secondary N) is 1. The fourth-order valence-corrected chi connectivity index (χ4v) is 4.63. The number of sulfonamides is 1. The van der Waals surface area contributed by atoms with Crippen LogP contribution in [0, 0.1) is 0 Å². The molecule has 1 unspecified atom stereocenters. The zero-order valence-electron chi connectivity index (χ0n) is 13.4. The monoisotopic (exact) mass is 369 g/mol. The van der Waals surface area contributed by atoms with Crippen molar-refractivity contribution in [2.24, 2.45) is 0 Å². The summed E-state index contributed by atoms with van der Waals surface area (Å²) >= 11 is 1.55. The summed E-state index contributed by atoms with van der Waals surface area (Å²) in [5.41, 5.74) is 0. The third kappa shape index (κ3) is 3.47. The first-order valence-electron chi connectivity index (χ1n) is 7.42. The Morgan fingerprint density at radius 1 is 1.29 bits per heavy atom. The van der Waals surface area contributed by atoms with Gasteiger partial charge in [-0.05, 0) is 18.6 Å². The molecule has 0 aliphatic carbocycles. The largest absolute Gasteiger partial charge is 0.493 e. The number of hydrogen-bond donors (Lipinski definition) is 1. The number of methoxy groups -OCH3 is 2. The molecule has 0 radical (unpaired) electrons. The zero-order chi connectivity index (χ0) is 17.2. The lowest BCUT2D eigenvalue weighted by molar-refractivity contribution is 0.354. The molecule has 2 heterocycles. The van der Waals surface area contributed by atoms with Crippen molar-refractivity contribution >= 4 is 26.5 Å². The number of thiazole rings is 1. The van der Waals surface area contributed by atoms with Crippen molar-refractivity contribution in [2.75, 3.05) is 32.2 Å². The van der Waals surface area contributed by atoms with E-state index in [1.54, 1.807) is 23.6 Å². The van der Waals surface area contributed by atoms with Gasteiger partial charge in [0.15, 0.2) is 16.6 Å². The van der Waals surface area contributed by atoms with Gasteiger partial charge in [-0.3, -0.25) is 0 Å². The Morgan fingerprint density at radius 3 is 2.75 bits per heavy atom. The summed E-state index contributed by atoms with van der Waals surface area (Å²) in [4.78, 5) is 6.52. The fraction of sp³-hybridized carbons (Fsp3) is 0.400. The average Bonchev–Trinajstić information content (AvgIpc) is 3.25. The molecule has 1 aromatic carbocycles. The molecule has 0 bridgehead atoms. The van der Waals surface area contributed by atoms with Gasteiger partial charge < -0.3 is 14.4 Å². The molecular formula is C15H19N3O4S2. The average molecular weight is 369 g/mol. The minimum Gasteiger partial charge on any atom is -0.493 e. The van der Waals surface area contributed by atoms with Gasteiger partial charge in [0, 0.05) is 36.8 Å². The van der Waals surface area contributed by atoms with Gasteiger partial charge in [0.25, 0.3) is 0 Å². The molecule has 0 saturated carbocycles. The van der Waals surface area contributed by atoms with E-state index < -0.39 is 10.0 Å². The normalized spacial score (nSPS) is 17.9. The topological polar surface area (TPSA) is 80.8 Å². The van der Waals surface area contributed by atoms with Crippen LogP contribution in [0.25, 0.3) is 0 Å². The lowest BCUT2D eigenvalue weighted by Crippen LogP contribution is -2.37. The molecule has 130 valence electrons. The molecule has 1 saturated heterocycles. The predicted octanol–water partition coefficient (Wildman–Crippen LogP) is 1.72. The molecule has 3 rings (SSSR count). The Kier molecular flexibility index (Phi) is 4.93. The van der Waals surface area contributed by atoms with Gasteiger partial charge in [0.05, 0.1) is 19.1 Å². The minimum atomic E-state index is -3.62. The Hall–Kier alpha value is -1.84. The van der Waals surface area contributed by atoms with Crippen LogP contribution in [0.4, 0.5) is 5.13 Å². The van der Waals surface area contributed by atoms with E-state index in [-0.39, 0.29) is 10.9 Å². The van der Waals surface area contributed by atoms with Gasteiger partial charge in [0.1, 0.15) is 0 Å². The van der Waals surface area contributed by atoms with Crippen molar-refractivity contribution in [3.8, 4) is 11.5 Å². The lowest BCUT2D eigenvalue weighted by atomic mass is 10.3. The standard InChI is InChI=1S/C15H19N3O4S2/c1-21-13-4-3-12(9-14(13)22-2)24(19,20)17-11-5-7-18(10-11)15-16-6-8-23-15/h3-4,6,8-9,11,17H,5,7,10H2,1-2H3. The molecule has 1 aromatic heterocycles. The molecule has 1 aliphatic rings. The number of benzene rings is 1. The predicted molar refractivity (Wildman–Crippen MR) is 92.6 cm³/mol. The summed E-state index contributed by atoms with van der Waals surface area (Å²) in [5, 5.41) is 2.83. The van der Waals surface area contributed by atoms with E-state index in [0.717, 1.165) is 18.1 Å². The molecule has 7 nitrogen and oxygen atoms in total. The van der Waals surface area contributed by atoms with Crippen molar-refractivity contribution in [3.63, 3.8) is 0 Å². The summed E-state index contributed by atoms with van der Waals surface area (Å²) in [6.07, 6.45) is 2.49. The second-order valence-corrected chi connectivity index (χ2v) is 7.97. The molecule has 1 aliphatic heterocycles. The summed E-state index contributed by atoms with van der Waals surface area (Å²) in [6.45, 7) is 1.40. The van der Waals surface area contributed by atoms with Gasteiger partial charge in [-0.1, -0.05) is 0 Å². The van der Waals surface area contributed by atoms with Crippen LogP contribution in [0.2, 0.25) is 0 Å². The van der Waals surface area contributed by atoms with Gasteiger partial charge in [-0.2, -0.15) is 0 Å². The SMILES string of the molecule is COc1ccc(S(=O)(=O)NC2CCN(c3nccs3)C2)cc1OC.